The van der Waals surface area contributed by atoms with Gasteiger partial charge in [0.2, 0.25) is 0 Å². The summed E-state index contributed by atoms with van der Waals surface area (Å²) in [7, 11) is 0. The van der Waals surface area contributed by atoms with E-state index >= 15 is 0 Å². The molecule has 3 rings (SSSR count). The first-order chi connectivity index (χ1) is 11.0. The predicted octanol–water partition coefficient (Wildman–Crippen LogP) is 3.68. The molecule has 0 atom stereocenters. The number of esters is 1. The van der Waals surface area contributed by atoms with Gasteiger partial charge in [-0.2, -0.15) is 0 Å². The number of ether oxygens (including phenoxy) is 1. The molecule has 0 saturated carbocycles. The summed E-state index contributed by atoms with van der Waals surface area (Å²) < 4.78 is 5.00. The van der Waals surface area contributed by atoms with Crippen LogP contribution in [-0.2, 0) is 4.74 Å². The zero-order chi connectivity index (χ0) is 16.6. The van der Waals surface area contributed by atoms with Crippen molar-refractivity contribution in [1.82, 2.24) is 9.97 Å². The molecule has 0 spiro atoms. The molecule has 118 valence electrons. The Hall–Kier alpha value is -2.74. The van der Waals surface area contributed by atoms with E-state index in [1.807, 2.05) is 6.07 Å². The molecule has 2 aromatic heterocycles. The number of aromatic amines is 1. The number of carbonyl (C=O) groups excluding carboxylic acids is 1. The normalized spacial score (nSPS) is 10.9. The summed E-state index contributed by atoms with van der Waals surface area (Å²) in [6.07, 6.45) is 1.37. The first kappa shape index (κ1) is 15.2. The highest BCUT2D eigenvalue weighted by Gasteiger charge is 2.19. The van der Waals surface area contributed by atoms with Gasteiger partial charge in [0.15, 0.2) is 0 Å². The van der Waals surface area contributed by atoms with E-state index in [0.29, 0.717) is 33.1 Å². The quantitative estimate of drug-likeness (QED) is 0.446. The number of rotatable bonds is 4. The van der Waals surface area contributed by atoms with Gasteiger partial charge in [-0.15, -0.1) is 11.3 Å². The molecule has 0 fully saturated rings. The second-order valence-electron chi connectivity index (χ2n) is 4.85. The number of nitrogens with zero attached hydrogens (tertiary/aromatic N) is 2. The Morgan fingerprint density at radius 1 is 1.48 bits per heavy atom. The van der Waals surface area contributed by atoms with Gasteiger partial charge in [0.1, 0.15) is 9.88 Å². The number of aryl methyl sites for hydroxylation is 1. The Bertz CT molecular complexity index is 913. The highest BCUT2D eigenvalue weighted by molar-refractivity contribution is 7.17. The predicted molar refractivity (Wildman–Crippen MR) is 86.8 cm³/mol. The van der Waals surface area contributed by atoms with Crippen LogP contribution >= 0.6 is 11.3 Å². The Morgan fingerprint density at radius 2 is 2.26 bits per heavy atom. The number of nitrogens with one attached hydrogen (secondary N) is 1. The number of fused-ring (bicyclic) bond motifs is 1. The summed E-state index contributed by atoms with van der Waals surface area (Å²) in [6, 6.07) is 5.28. The fraction of sp³-hybridized carbons (Fsp3) is 0.200. The number of hydrogen-bond donors (Lipinski definition) is 1. The Balaban J connectivity index is 2.06. The van der Waals surface area contributed by atoms with Gasteiger partial charge in [-0.05, 0) is 32.0 Å². The van der Waals surface area contributed by atoms with Crippen LogP contribution in [0.5, 0.6) is 0 Å². The average molecular weight is 331 g/mol. The molecule has 0 aliphatic rings. The Morgan fingerprint density at radius 3 is 2.96 bits per heavy atom. The molecule has 7 nitrogen and oxygen atoms in total. The molecule has 0 amide bonds. The lowest BCUT2D eigenvalue weighted by molar-refractivity contribution is -0.383. The second-order valence-corrected chi connectivity index (χ2v) is 5.84. The number of benzene rings is 1. The molecule has 1 aromatic carbocycles. The molecule has 0 bridgehead atoms. The van der Waals surface area contributed by atoms with E-state index in [2.05, 4.69) is 9.97 Å². The number of aromatic nitrogens is 2. The lowest BCUT2D eigenvalue weighted by atomic mass is 10.1. The number of nitro groups is 1. The molecule has 1 N–H and O–H groups in total. The van der Waals surface area contributed by atoms with Crippen LogP contribution in [0.2, 0.25) is 0 Å². The SMILES string of the molecule is CCOC(=O)c1sc(-c2ccc3[nH]cc([N+](=O)[O-])c3c2)nc1C. The first-order valence-corrected chi connectivity index (χ1v) is 7.73. The third kappa shape index (κ3) is 2.68. The van der Waals surface area contributed by atoms with Crippen LogP contribution in [0.1, 0.15) is 22.3 Å². The van der Waals surface area contributed by atoms with Gasteiger partial charge in [0.05, 0.1) is 34.3 Å². The van der Waals surface area contributed by atoms with Gasteiger partial charge in [0, 0.05) is 5.56 Å². The van der Waals surface area contributed by atoms with Crippen molar-refractivity contribution in [2.24, 2.45) is 0 Å². The Labute approximate surface area is 135 Å². The maximum absolute atomic E-state index is 11.9. The van der Waals surface area contributed by atoms with Crippen LogP contribution in [0.15, 0.2) is 24.4 Å². The topological polar surface area (TPSA) is 98.1 Å². The van der Waals surface area contributed by atoms with Crippen LogP contribution in [-0.4, -0.2) is 27.5 Å². The highest BCUT2D eigenvalue weighted by Crippen LogP contribution is 2.33. The lowest BCUT2D eigenvalue weighted by Gasteiger charge is -1.98. The van der Waals surface area contributed by atoms with Gasteiger partial charge >= 0.3 is 5.97 Å². The molecule has 23 heavy (non-hydrogen) atoms. The van der Waals surface area contributed by atoms with Crippen molar-refractivity contribution in [3.05, 3.63) is 45.1 Å². The second kappa shape index (κ2) is 5.81. The lowest BCUT2D eigenvalue weighted by Crippen LogP contribution is -2.03. The van der Waals surface area contributed by atoms with Gasteiger partial charge < -0.3 is 9.72 Å². The maximum atomic E-state index is 11.9. The van der Waals surface area contributed by atoms with Crippen LogP contribution in [0.4, 0.5) is 5.69 Å². The van der Waals surface area contributed by atoms with Crippen molar-refractivity contribution in [2.75, 3.05) is 6.61 Å². The fourth-order valence-electron chi connectivity index (χ4n) is 2.30. The third-order valence-electron chi connectivity index (χ3n) is 3.36. The first-order valence-electron chi connectivity index (χ1n) is 6.91. The van der Waals surface area contributed by atoms with Gasteiger partial charge in [0.25, 0.3) is 5.69 Å². The summed E-state index contributed by atoms with van der Waals surface area (Å²) in [5, 5.41) is 12.2. The molecule has 3 aromatic rings. The van der Waals surface area contributed by atoms with E-state index < -0.39 is 10.9 Å². The monoisotopic (exact) mass is 331 g/mol. The molecule has 2 heterocycles. The summed E-state index contributed by atoms with van der Waals surface area (Å²) in [4.78, 5) is 30.2. The molecular formula is C15H13N3O4S. The van der Waals surface area contributed by atoms with Crippen LogP contribution in [0, 0.1) is 17.0 Å². The Kier molecular flexibility index (Phi) is 3.83. The number of carbonyl (C=O) groups is 1. The highest BCUT2D eigenvalue weighted by atomic mass is 32.1. The minimum absolute atomic E-state index is 0.0146. The number of hydrogen-bond acceptors (Lipinski definition) is 6. The molecular weight excluding hydrogens is 318 g/mol. The summed E-state index contributed by atoms with van der Waals surface area (Å²) in [5.74, 6) is -0.401. The van der Waals surface area contributed by atoms with E-state index in [-0.39, 0.29) is 5.69 Å². The molecule has 0 saturated heterocycles. The average Bonchev–Trinajstić information content (AvgIpc) is 3.10. The van der Waals surface area contributed by atoms with Crippen LogP contribution in [0.25, 0.3) is 21.5 Å². The number of H-pyrrole nitrogens is 1. The van der Waals surface area contributed by atoms with E-state index in [0.717, 1.165) is 5.56 Å². The van der Waals surface area contributed by atoms with Crippen molar-refractivity contribution in [3.8, 4) is 10.6 Å². The third-order valence-corrected chi connectivity index (χ3v) is 4.55. The number of thiazole rings is 1. The molecule has 0 aliphatic heterocycles. The smallest absolute Gasteiger partial charge is 0.350 e. The van der Waals surface area contributed by atoms with E-state index in [4.69, 9.17) is 4.74 Å². The molecule has 0 radical (unpaired) electrons. The van der Waals surface area contributed by atoms with E-state index in [1.165, 1.54) is 17.5 Å². The summed E-state index contributed by atoms with van der Waals surface area (Å²) >= 11 is 1.22. The van der Waals surface area contributed by atoms with Crippen molar-refractivity contribution in [1.29, 1.82) is 0 Å². The van der Waals surface area contributed by atoms with Crippen molar-refractivity contribution in [3.63, 3.8) is 0 Å². The molecule has 0 aliphatic carbocycles. The zero-order valence-electron chi connectivity index (χ0n) is 12.5. The maximum Gasteiger partial charge on any atom is 0.350 e. The van der Waals surface area contributed by atoms with Crippen molar-refractivity contribution < 1.29 is 14.5 Å². The van der Waals surface area contributed by atoms with Gasteiger partial charge in [-0.3, -0.25) is 10.1 Å². The van der Waals surface area contributed by atoms with Crippen molar-refractivity contribution in [2.45, 2.75) is 13.8 Å². The summed E-state index contributed by atoms with van der Waals surface area (Å²) in [5.41, 5.74) is 2.01. The minimum Gasteiger partial charge on any atom is -0.462 e. The zero-order valence-corrected chi connectivity index (χ0v) is 13.3. The van der Waals surface area contributed by atoms with E-state index in [1.54, 1.807) is 26.0 Å². The summed E-state index contributed by atoms with van der Waals surface area (Å²) in [6.45, 7) is 3.78. The fourth-order valence-corrected chi connectivity index (χ4v) is 3.25. The minimum atomic E-state index is -0.431. The largest absolute Gasteiger partial charge is 0.462 e. The van der Waals surface area contributed by atoms with Crippen LogP contribution in [0.3, 0.4) is 0 Å². The van der Waals surface area contributed by atoms with E-state index in [9.17, 15) is 14.9 Å². The molecule has 8 heteroatoms. The van der Waals surface area contributed by atoms with Crippen LogP contribution < -0.4 is 0 Å². The van der Waals surface area contributed by atoms with Crippen molar-refractivity contribution >= 4 is 33.9 Å². The van der Waals surface area contributed by atoms with Gasteiger partial charge in [-0.1, -0.05) is 0 Å². The van der Waals surface area contributed by atoms with Gasteiger partial charge in [-0.25, -0.2) is 9.78 Å². The standard InChI is InChI=1S/C15H13N3O4S/c1-3-22-15(19)13-8(2)17-14(23-13)9-4-5-11-10(6-9)12(7-16-11)18(20)21/h4-7,16H,3H2,1-2H3. The molecule has 0 unspecified atom stereocenters.